The van der Waals surface area contributed by atoms with Gasteiger partial charge < -0.3 is 9.84 Å². The number of hydrogen-bond acceptors (Lipinski definition) is 4. The smallest absolute Gasteiger partial charge is 0.308 e. The zero-order chi connectivity index (χ0) is 12.5. The molecule has 3 rings (SSSR count). The van der Waals surface area contributed by atoms with Crippen LogP contribution in [-0.4, -0.2) is 72.4 Å². The molecule has 0 spiro atoms. The van der Waals surface area contributed by atoms with Crippen molar-refractivity contribution in [3.05, 3.63) is 0 Å². The molecule has 0 aliphatic carbocycles. The molecule has 3 atom stereocenters. The van der Waals surface area contributed by atoms with Gasteiger partial charge in [0.25, 0.3) is 0 Å². The summed E-state index contributed by atoms with van der Waals surface area (Å²) in [6, 6.07) is 0.825. The van der Waals surface area contributed by atoms with Gasteiger partial charge >= 0.3 is 5.97 Å². The third-order valence-electron chi connectivity index (χ3n) is 4.78. The minimum atomic E-state index is -0.599. The number of carboxylic acids is 1. The third kappa shape index (κ3) is 2.27. The molecule has 0 radical (unpaired) electrons. The maximum Gasteiger partial charge on any atom is 0.308 e. The van der Waals surface area contributed by atoms with Crippen LogP contribution in [-0.2, 0) is 9.53 Å². The highest BCUT2D eigenvalue weighted by Crippen LogP contribution is 2.41. The molecule has 3 aliphatic heterocycles. The number of rotatable bonds is 4. The molecule has 0 amide bonds. The Hall–Kier alpha value is -0.650. The molecule has 3 unspecified atom stereocenters. The molecule has 5 heteroatoms. The first kappa shape index (κ1) is 12.4. The summed E-state index contributed by atoms with van der Waals surface area (Å²) >= 11 is 0. The molecule has 3 aliphatic rings. The Morgan fingerprint density at radius 1 is 1.22 bits per heavy atom. The predicted octanol–water partition coefficient (Wildman–Crippen LogP) is 0.256. The number of hydrogen-bond donors (Lipinski definition) is 1. The van der Waals surface area contributed by atoms with Gasteiger partial charge in [-0.1, -0.05) is 0 Å². The number of ether oxygens (including phenoxy) is 1. The van der Waals surface area contributed by atoms with E-state index in [0.717, 1.165) is 52.2 Å². The van der Waals surface area contributed by atoms with Crippen LogP contribution in [0.25, 0.3) is 0 Å². The molecule has 0 aromatic carbocycles. The summed E-state index contributed by atoms with van der Waals surface area (Å²) in [4.78, 5) is 16.1. The van der Waals surface area contributed by atoms with Gasteiger partial charge in [-0.25, -0.2) is 0 Å². The first-order chi connectivity index (χ1) is 8.75. The quantitative estimate of drug-likeness (QED) is 0.780. The third-order valence-corrected chi connectivity index (χ3v) is 4.78. The second kappa shape index (κ2) is 5.15. The van der Waals surface area contributed by atoms with Crippen molar-refractivity contribution in [2.75, 3.05) is 39.4 Å². The topological polar surface area (TPSA) is 53.0 Å². The minimum Gasteiger partial charge on any atom is -0.481 e. The molecular formula is C13H22N2O3. The number of carboxylic acid groups (broad SMARTS) is 1. The number of carbonyl (C=O) groups is 1. The highest BCUT2D eigenvalue weighted by atomic mass is 16.5. The fourth-order valence-corrected chi connectivity index (χ4v) is 3.80. The largest absolute Gasteiger partial charge is 0.481 e. The van der Waals surface area contributed by atoms with Gasteiger partial charge in [0, 0.05) is 38.3 Å². The van der Waals surface area contributed by atoms with Crippen LogP contribution in [0.4, 0.5) is 0 Å². The first-order valence-corrected chi connectivity index (χ1v) is 7.04. The van der Waals surface area contributed by atoms with Crippen molar-refractivity contribution < 1.29 is 14.6 Å². The SMILES string of the molecule is O=C(O)C1CC2CCC1N2CCN1CCOCC1. The van der Waals surface area contributed by atoms with Crippen LogP contribution in [0, 0.1) is 5.92 Å². The van der Waals surface area contributed by atoms with Crippen molar-refractivity contribution in [3.8, 4) is 0 Å². The molecule has 3 fully saturated rings. The first-order valence-electron chi connectivity index (χ1n) is 7.04. The predicted molar refractivity (Wildman–Crippen MR) is 66.5 cm³/mol. The molecule has 18 heavy (non-hydrogen) atoms. The lowest BCUT2D eigenvalue weighted by atomic mass is 9.89. The highest BCUT2D eigenvalue weighted by molar-refractivity contribution is 5.71. The van der Waals surface area contributed by atoms with E-state index in [9.17, 15) is 9.90 Å². The van der Waals surface area contributed by atoms with E-state index in [1.165, 1.54) is 6.42 Å². The van der Waals surface area contributed by atoms with Crippen LogP contribution in [0.15, 0.2) is 0 Å². The van der Waals surface area contributed by atoms with Crippen LogP contribution >= 0.6 is 0 Å². The highest BCUT2D eigenvalue weighted by Gasteiger charge is 2.48. The standard InChI is InChI=1S/C13H22N2O3/c16-13(17)11-9-10-1-2-12(11)15(10)4-3-14-5-7-18-8-6-14/h10-12H,1-9H2,(H,16,17). The zero-order valence-corrected chi connectivity index (χ0v) is 10.8. The van der Waals surface area contributed by atoms with Gasteiger partial charge in [-0.05, 0) is 19.3 Å². The summed E-state index contributed by atoms with van der Waals surface area (Å²) in [5.74, 6) is -0.716. The van der Waals surface area contributed by atoms with E-state index in [1.807, 2.05) is 0 Å². The maximum atomic E-state index is 11.2. The summed E-state index contributed by atoms with van der Waals surface area (Å²) < 4.78 is 5.34. The molecule has 102 valence electrons. The van der Waals surface area contributed by atoms with Crippen LogP contribution < -0.4 is 0 Å². The zero-order valence-electron chi connectivity index (χ0n) is 10.8. The summed E-state index contributed by atoms with van der Waals surface area (Å²) in [5.41, 5.74) is 0. The Morgan fingerprint density at radius 2 is 2.00 bits per heavy atom. The van der Waals surface area contributed by atoms with Gasteiger partial charge in [0.2, 0.25) is 0 Å². The van der Waals surface area contributed by atoms with Gasteiger partial charge in [-0.3, -0.25) is 14.6 Å². The van der Waals surface area contributed by atoms with Gasteiger partial charge in [-0.2, -0.15) is 0 Å². The average molecular weight is 254 g/mol. The molecule has 0 aromatic rings. The molecular weight excluding hydrogens is 232 g/mol. The van der Waals surface area contributed by atoms with E-state index < -0.39 is 5.97 Å². The van der Waals surface area contributed by atoms with Gasteiger partial charge in [0.1, 0.15) is 0 Å². The van der Waals surface area contributed by atoms with E-state index in [0.29, 0.717) is 12.1 Å². The average Bonchev–Trinajstić information content (AvgIpc) is 2.94. The van der Waals surface area contributed by atoms with Crippen molar-refractivity contribution in [2.24, 2.45) is 5.92 Å². The molecule has 3 saturated heterocycles. The van der Waals surface area contributed by atoms with Crippen LogP contribution in [0.5, 0.6) is 0 Å². The second-order valence-electron chi connectivity index (χ2n) is 5.67. The summed E-state index contributed by atoms with van der Waals surface area (Å²) in [6.07, 6.45) is 3.13. The number of aliphatic carboxylic acids is 1. The fourth-order valence-electron chi connectivity index (χ4n) is 3.80. The van der Waals surface area contributed by atoms with Crippen molar-refractivity contribution in [1.29, 1.82) is 0 Å². The lowest BCUT2D eigenvalue weighted by Gasteiger charge is -2.30. The normalized spacial score (nSPS) is 37.2. The monoisotopic (exact) mass is 254 g/mol. The van der Waals surface area contributed by atoms with Crippen molar-refractivity contribution in [3.63, 3.8) is 0 Å². The Morgan fingerprint density at radius 3 is 2.67 bits per heavy atom. The van der Waals surface area contributed by atoms with Gasteiger partial charge in [-0.15, -0.1) is 0 Å². The summed E-state index contributed by atoms with van der Waals surface area (Å²) in [7, 11) is 0. The molecule has 3 heterocycles. The van der Waals surface area contributed by atoms with Crippen LogP contribution in [0.2, 0.25) is 0 Å². The fraction of sp³-hybridized carbons (Fsp3) is 0.923. The number of morpholine rings is 1. The maximum absolute atomic E-state index is 11.2. The Labute approximate surface area is 108 Å². The van der Waals surface area contributed by atoms with Crippen molar-refractivity contribution in [2.45, 2.75) is 31.3 Å². The van der Waals surface area contributed by atoms with E-state index in [1.54, 1.807) is 0 Å². The van der Waals surface area contributed by atoms with Crippen LogP contribution in [0.3, 0.4) is 0 Å². The number of nitrogens with zero attached hydrogens (tertiary/aromatic N) is 2. The van der Waals surface area contributed by atoms with Gasteiger partial charge in [0.05, 0.1) is 19.1 Å². The summed E-state index contributed by atoms with van der Waals surface area (Å²) in [6.45, 7) is 5.80. The lowest BCUT2D eigenvalue weighted by Crippen LogP contribution is -2.43. The van der Waals surface area contributed by atoms with Crippen molar-refractivity contribution in [1.82, 2.24) is 9.80 Å². The van der Waals surface area contributed by atoms with Crippen LogP contribution in [0.1, 0.15) is 19.3 Å². The molecule has 2 bridgehead atoms. The minimum absolute atomic E-state index is 0.117. The van der Waals surface area contributed by atoms with E-state index in [-0.39, 0.29) is 5.92 Å². The lowest BCUT2D eigenvalue weighted by molar-refractivity contribution is -0.142. The molecule has 0 saturated carbocycles. The Kier molecular flexibility index (Phi) is 3.54. The molecule has 5 nitrogen and oxygen atoms in total. The Bertz CT molecular complexity index is 317. The van der Waals surface area contributed by atoms with E-state index in [4.69, 9.17) is 4.74 Å². The summed E-state index contributed by atoms with van der Waals surface area (Å²) in [5, 5.41) is 9.22. The van der Waals surface area contributed by atoms with E-state index >= 15 is 0 Å². The molecule has 1 N–H and O–H groups in total. The number of fused-ring (bicyclic) bond motifs is 2. The van der Waals surface area contributed by atoms with Gasteiger partial charge in [0.15, 0.2) is 0 Å². The Balaban J connectivity index is 1.52. The second-order valence-corrected chi connectivity index (χ2v) is 5.67. The molecule has 0 aromatic heterocycles. The van der Waals surface area contributed by atoms with E-state index in [2.05, 4.69) is 9.80 Å². The van der Waals surface area contributed by atoms with Crippen molar-refractivity contribution >= 4 is 5.97 Å².